The summed E-state index contributed by atoms with van der Waals surface area (Å²) in [6.07, 6.45) is 2.22. The van der Waals surface area contributed by atoms with Crippen LogP contribution in [0, 0.1) is 0 Å². The summed E-state index contributed by atoms with van der Waals surface area (Å²) in [6, 6.07) is 4.37. The third kappa shape index (κ3) is 3.19. The molecule has 2 heterocycles. The van der Waals surface area contributed by atoms with Crippen molar-refractivity contribution in [3.05, 3.63) is 22.4 Å². The number of hydrogen-bond donors (Lipinski definition) is 0. The third-order valence-corrected chi connectivity index (χ3v) is 10.3. The Hall–Kier alpha value is -0.163. The van der Waals surface area contributed by atoms with Crippen molar-refractivity contribution in [2.24, 2.45) is 0 Å². The quantitative estimate of drug-likeness (QED) is 0.717. The van der Waals surface area contributed by atoms with Gasteiger partial charge in [-0.25, -0.2) is 0 Å². The summed E-state index contributed by atoms with van der Waals surface area (Å²) < 4.78 is 12.7. The van der Waals surface area contributed by atoms with E-state index in [4.69, 9.17) is 9.16 Å². The van der Waals surface area contributed by atoms with Crippen molar-refractivity contribution in [1.29, 1.82) is 0 Å². The lowest BCUT2D eigenvalue weighted by Gasteiger charge is -2.48. The van der Waals surface area contributed by atoms with Gasteiger partial charge in [0.1, 0.15) is 0 Å². The van der Waals surface area contributed by atoms with E-state index in [1.807, 2.05) is 11.3 Å². The molecule has 1 fully saturated rings. The van der Waals surface area contributed by atoms with Crippen molar-refractivity contribution in [2.75, 3.05) is 6.61 Å². The summed E-state index contributed by atoms with van der Waals surface area (Å²) in [5, 5.41) is 2.39. The molecule has 2 atom stereocenters. The summed E-state index contributed by atoms with van der Waals surface area (Å²) in [7, 11) is -1.80. The van der Waals surface area contributed by atoms with Crippen LogP contribution in [0.4, 0.5) is 0 Å². The smallest absolute Gasteiger partial charge is 0.193 e. The predicted octanol–water partition coefficient (Wildman–Crippen LogP) is 5.16. The van der Waals surface area contributed by atoms with Gasteiger partial charge in [0, 0.05) is 24.3 Å². The highest BCUT2D eigenvalue weighted by molar-refractivity contribution is 7.10. The Balaban J connectivity index is 2.34. The first-order chi connectivity index (χ1) is 9.16. The molecule has 0 bridgehead atoms. The monoisotopic (exact) mass is 312 g/mol. The van der Waals surface area contributed by atoms with Crippen molar-refractivity contribution >= 4 is 19.7 Å². The normalized spacial score (nSPS) is 28.6. The fourth-order valence-electron chi connectivity index (χ4n) is 2.60. The van der Waals surface area contributed by atoms with Crippen LogP contribution in [0.5, 0.6) is 0 Å². The Kier molecular flexibility index (Phi) is 4.51. The molecule has 1 aliphatic rings. The van der Waals surface area contributed by atoms with Gasteiger partial charge in [0.25, 0.3) is 0 Å². The lowest BCUT2D eigenvalue weighted by atomic mass is 9.89. The van der Waals surface area contributed by atoms with E-state index < -0.39 is 8.32 Å². The number of hydrogen-bond acceptors (Lipinski definition) is 3. The molecule has 1 aromatic rings. The van der Waals surface area contributed by atoms with Crippen LogP contribution in [0.25, 0.3) is 0 Å². The second-order valence-electron chi connectivity index (χ2n) is 7.47. The SMILES string of the molecule is C[C@H]1C[C@@](O[Si](C)(C)C(C)(C)C)(c2cccs2)CCO1. The second kappa shape index (κ2) is 5.56. The fraction of sp³-hybridized carbons (Fsp3) is 0.750. The van der Waals surface area contributed by atoms with Gasteiger partial charge in [-0.2, -0.15) is 0 Å². The number of ether oxygens (including phenoxy) is 1. The molecule has 0 radical (unpaired) electrons. The van der Waals surface area contributed by atoms with Gasteiger partial charge in [0.2, 0.25) is 0 Å². The zero-order valence-electron chi connectivity index (χ0n) is 13.7. The van der Waals surface area contributed by atoms with Crippen LogP contribution in [0.1, 0.15) is 45.4 Å². The van der Waals surface area contributed by atoms with Crippen molar-refractivity contribution in [3.8, 4) is 0 Å². The maximum absolute atomic E-state index is 6.91. The summed E-state index contributed by atoms with van der Waals surface area (Å²) in [4.78, 5) is 1.37. The van der Waals surface area contributed by atoms with E-state index in [-0.39, 0.29) is 16.7 Å². The molecule has 1 aliphatic heterocycles. The first-order valence-corrected chi connectivity index (χ1v) is 11.3. The predicted molar refractivity (Wildman–Crippen MR) is 88.9 cm³/mol. The van der Waals surface area contributed by atoms with Gasteiger partial charge < -0.3 is 9.16 Å². The largest absolute Gasteiger partial charge is 0.406 e. The van der Waals surface area contributed by atoms with Gasteiger partial charge in [0.15, 0.2) is 8.32 Å². The molecule has 0 aliphatic carbocycles. The minimum absolute atomic E-state index is 0.130. The maximum atomic E-state index is 6.91. The van der Waals surface area contributed by atoms with Gasteiger partial charge in [-0.15, -0.1) is 11.3 Å². The van der Waals surface area contributed by atoms with Gasteiger partial charge in [-0.1, -0.05) is 26.8 Å². The highest BCUT2D eigenvalue weighted by Crippen LogP contribution is 2.47. The Morgan fingerprint density at radius 2 is 2.10 bits per heavy atom. The summed E-state index contributed by atoms with van der Waals surface area (Å²) in [5.74, 6) is 0. The van der Waals surface area contributed by atoms with Crippen molar-refractivity contribution in [1.82, 2.24) is 0 Å². The minimum atomic E-state index is -1.80. The van der Waals surface area contributed by atoms with Crippen LogP contribution in [-0.2, 0) is 14.8 Å². The molecule has 0 unspecified atom stereocenters. The Labute approximate surface area is 128 Å². The summed E-state index contributed by atoms with van der Waals surface area (Å²) in [5.41, 5.74) is -0.130. The van der Waals surface area contributed by atoms with Gasteiger partial charge in [-0.05, 0) is 36.5 Å². The lowest BCUT2D eigenvalue weighted by Crippen LogP contribution is -2.51. The van der Waals surface area contributed by atoms with Crippen LogP contribution in [0.15, 0.2) is 17.5 Å². The first-order valence-electron chi connectivity index (χ1n) is 7.52. The average molecular weight is 313 g/mol. The van der Waals surface area contributed by atoms with E-state index in [0.29, 0.717) is 0 Å². The van der Waals surface area contributed by atoms with Crippen molar-refractivity contribution in [2.45, 2.75) is 70.4 Å². The highest BCUT2D eigenvalue weighted by atomic mass is 32.1. The van der Waals surface area contributed by atoms with Crippen LogP contribution in [0.3, 0.4) is 0 Å². The Bertz CT molecular complexity index is 436. The first kappa shape index (κ1) is 16.2. The highest BCUT2D eigenvalue weighted by Gasteiger charge is 2.47. The molecule has 20 heavy (non-hydrogen) atoms. The van der Waals surface area contributed by atoms with E-state index in [1.54, 1.807) is 0 Å². The standard InChI is InChI=1S/C16H28O2SSi/c1-13-12-16(9-10-17-13,14-8-7-11-19-14)18-20(5,6)15(2,3)4/h7-8,11,13H,9-10,12H2,1-6H3/t13-,16+/m0/s1. The zero-order chi connectivity index (χ0) is 15.0. The van der Waals surface area contributed by atoms with Crippen LogP contribution in [0.2, 0.25) is 18.1 Å². The van der Waals surface area contributed by atoms with Gasteiger partial charge >= 0.3 is 0 Å². The fourth-order valence-corrected chi connectivity index (χ4v) is 5.15. The number of thiophene rings is 1. The second-order valence-corrected chi connectivity index (χ2v) is 13.1. The summed E-state index contributed by atoms with van der Waals surface area (Å²) >= 11 is 1.82. The van der Waals surface area contributed by atoms with E-state index in [0.717, 1.165) is 19.4 Å². The molecule has 0 saturated carbocycles. The average Bonchev–Trinajstić information content (AvgIpc) is 2.80. The third-order valence-electron chi connectivity index (χ3n) is 4.75. The van der Waals surface area contributed by atoms with Gasteiger partial charge in [0.05, 0.1) is 11.7 Å². The molecular weight excluding hydrogens is 284 g/mol. The van der Waals surface area contributed by atoms with Crippen molar-refractivity contribution in [3.63, 3.8) is 0 Å². The van der Waals surface area contributed by atoms with Crippen molar-refractivity contribution < 1.29 is 9.16 Å². The van der Waals surface area contributed by atoms with E-state index in [1.165, 1.54) is 4.88 Å². The molecule has 114 valence electrons. The molecule has 0 amide bonds. The van der Waals surface area contributed by atoms with E-state index in [9.17, 15) is 0 Å². The molecule has 0 N–H and O–H groups in total. The van der Waals surface area contributed by atoms with Gasteiger partial charge in [-0.3, -0.25) is 0 Å². The minimum Gasteiger partial charge on any atom is -0.406 e. The molecule has 2 nitrogen and oxygen atoms in total. The molecule has 1 aromatic heterocycles. The van der Waals surface area contributed by atoms with Crippen LogP contribution in [-0.4, -0.2) is 21.0 Å². The molecule has 4 heteroatoms. The molecule has 0 aromatic carbocycles. The molecule has 0 spiro atoms. The van der Waals surface area contributed by atoms with Crippen LogP contribution < -0.4 is 0 Å². The Morgan fingerprint density at radius 1 is 1.40 bits per heavy atom. The van der Waals surface area contributed by atoms with Crippen LogP contribution >= 0.6 is 11.3 Å². The molecule has 2 rings (SSSR count). The zero-order valence-corrected chi connectivity index (χ0v) is 15.5. The summed E-state index contributed by atoms with van der Waals surface area (Å²) in [6.45, 7) is 14.6. The topological polar surface area (TPSA) is 18.5 Å². The molecular formula is C16H28O2SSi. The molecule has 1 saturated heterocycles. The lowest BCUT2D eigenvalue weighted by molar-refractivity contribution is -0.0913. The van der Waals surface area contributed by atoms with E-state index in [2.05, 4.69) is 58.3 Å². The van der Waals surface area contributed by atoms with E-state index >= 15 is 0 Å². The Morgan fingerprint density at radius 3 is 2.60 bits per heavy atom. The maximum Gasteiger partial charge on any atom is 0.193 e. The number of rotatable bonds is 3.